The second kappa shape index (κ2) is 6.77. The van der Waals surface area contributed by atoms with Crippen LogP contribution in [-0.4, -0.2) is 28.6 Å². The highest BCUT2D eigenvalue weighted by atomic mass is 16.4. The van der Waals surface area contributed by atoms with Crippen molar-refractivity contribution in [2.45, 2.75) is 32.9 Å². The maximum atomic E-state index is 10.7. The molecule has 1 aromatic carbocycles. The van der Waals surface area contributed by atoms with Crippen molar-refractivity contribution in [3.8, 4) is 6.07 Å². The molecule has 18 heavy (non-hydrogen) atoms. The fourth-order valence-electron chi connectivity index (χ4n) is 1.93. The Balaban J connectivity index is 2.73. The Hall–Kier alpha value is -1.86. The number of hydrogen-bond donors (Lipinski definition) is 1. The molecular weight excluding hydrogens is 228 g/mol. The van der Waals surface area contributed by atoms with E-state index >= 15 is 0 Å². The van der Waals surface area contributed by atoms with Crippen LogP contribution in [0.3, 0.4) is 0 Å². The lowest BCUT2D eigenvalue weighted by Crippen LogP contribution is -2.34. The molecule has 0 fully saturated rings. The molecule has 1 unspecified atom stereocenters. The van der Waals surface area contributed by atoms with Gasteiger partial charge in [0.1, 0.15) is 0 Å². The van der Waals surface area contributed by atoms with Crippen LogP contribution in [0.2, 0.25) is 0 Å². The highest BCUT2D eigenvalue weighted by Crippen LogP contribution is 2.12. The summed E-state index contributed by atoms with van der Waals surface area (Å²) in [7, 11) is 0. The van der Waals surface area contributed by atoms with Crippen LogP contribution >= 0.6 is 0 Å². The minimum Gasteiger partial charge on any atom is -0.481 e. The van der Waals surface area contributed by atoms with Gasteiger partial charge in [-0.3, -0.25) is 9.69 Å². The average molecular weight is 246 g/mol. The number of aliphatic carboxylic acids is 1. The maximum Gasteiger partial charge on any atom is 0.304 e. The number of carboxylic acids is 1. The molecule has 0 spiro atoms. The average Bonchev–Trinajstić information content (AvgIpc) is 2.35. The lowest BCUT2D eigenvalue weighted by Gasteiger charge is -2.26. The van der Waals surface area contributed by atoms with Crippen molar-refractivity contribution >= 4 is 5.97 Å². The fourth-order valence-corrected chi connectivity index (χ4v) is 1.93. The number of hydrogen-bond acceptors (Lipinski definition) is 3. The summed E-state index contributed by atoms with van der Waals surface area (Å²) in [6.07, 6.45) is 0.131. The lowest BCUT2D eigenvalue weighted by atomic mass is 10.1. The highest BCUT2D eigenvalue weighted by molar-refractivity contribution is 5.67. The summed E-state index contributed by atoms with van der Waals surface area (Å²) in [5.74, 6) is -0.785. The SMILES string of the molecule is CCN(Cc1cccc(C#N)c1)C(C)CC(=O)O. The maximum absolute atomic E-state index is 10.7. The highest BCUT2D eigenvalue weighted by Gasteiger charge is 2.15. The second-order valence-corrected chi connectivity index (χ2v) is 4.32. The number of nitriles is 1. The lowest BCUT2D eigenvalue weighted by molar-refractivity contribution is -0.138. The molecule has 1 aromatic rings. The van der Waals surface area contributed by atoms with E-state index in [4.69, 9.17) is 10.4 Å². The number of rotatable bonds is 6. The van der Waals surface area contributed by atoms with Crippen molar-refractivity contribution < 1.29 is 9.90 Å². The summed E-state index contributed by atoms with van der Waals surface area (Å²) >= 11 is 0. The zero-order chi connectivity index (χ0) is 13.5. The van der Waals surface area contributed by atoms with Crippen molar-refractivity contribution in [2.75, 3.05) is 6.54 Å². The molecule has 96 valence electrons. The van der Waals surface area contributed by atoms with E-state index in [9.17, 15) is 4.79 Å². The van der Waals surface area contributed by atoms with E-state index in [-0.39, 0.29) is 12.5 Å². The summed E-state index contributed by atoms with van der Waals surface area (Å²) in [4.78, 5) is 12.8. The van der Waals surface area contributed by atoms with Crippen molar-refractivity contribution in [1.82, 2.24) is 4.90 Å². The van der Waals surface area contributed by atoms with Gasteiger partial charge in [-0.1, -0.05) is 19.1 Å². The fraction of sp³-hybridized carbons (Fsp3) is 0.429. The monoisotopic (exact) mass is 246 g/mol. The molecule has 1 rings (SSSR count). The summed E-state index contributed by atoms with van der Waals surface area (Å²) < 4.78 is 0. The van der Waals surface area contributed by atoms with Gasteiger partial charge in [-0.25, -0.2) is 0 Å². The van der Waals surface area contributed by atoms with Gasteiger partial charge in [-0.2, -0.15) is 5.26 Å². The van der Waals surface area contributed by atoms with Crippen LogP contribution in [0, 0.1) is 11.3 Å². The van der Waals surface area contributed by atoms with Crippen molar-refractivity contribution in [3.05, 3.63) is 35.4 Å². The summed E-state index contributed by atoms with van der Waals surface area (Å²) in [6, 6.07) is 9.51. The molecule has 1 N–H and O–H groups in total. The van der Waals surface area contributed by atoms with E-state index in [1.165, 1.54) is 0 Å². The topological polar surface area (TPSA) is 64.3 Å². The van der Waals surface area contributed by atoms with Gasteiger partial charge in [0, 0.05) is 12.6 Å². The summed E-state index contributed by atoms with van der Waals surface area (Å²) in [5.41, 5.74) is 1.67. The molecule has 0 saturated carbocycles. The first-order valence-electron chi connectivity index (χ1n) is 6.01. The molecule has 0 aliphatic heterocycles. The number of carboxylic acid groups (broad SMARTS) is 1. The minimum atomic E-state index is -0.785. The van der Waals surface area contributed by atoms with Crippen LogP contribution in [-0.2, 0) is 11.3 Å². The third kappa shape index (κ3) is 4.19. The zero-order valence-electron chi connectivity index (χ0n) is 10.8. The molecule has 4 nitrogen and oxygen atoms in total. The van der Waals surface area contributed by atoms with Crippen LogP contribution in [0.25, 0.3) is 0 Å². The second-order valence-electron chi connectivity index (χ2n) is 4.32. The van der Waals surface area contributed by atoms with Gasteiger partial charge < -0.3 is 5.11 Å². The van der Waals surface area contributed by atoms with Gasteiger partial charge >= 0.3 is 5.97 Å². The summed E-state index contributed by atoms with van der Waals surface area (Å²) in [6.45, 7) is 5.37. The molecule has 0 bridgehead atoms. The third-order valence-corrected chi connectivity index (χ3v) is 2.94. The quantitative estimate of drug-likeness (QED) is 0.836. The molecule has 0 radical (unpaired) electrons. The van der Waals surface area contributed by atoms with E-state index in [0.717, 1.165) is 12.1 Å². The Kier molecular flexibility index (Phi) is 5.34. The first-order chi connectivity index (χ1) is 8.56. The Labute approximate surface area is 107 Å². The van der Waals surface area contributed by atoms with Crippen molar-refractivity contribution in [1.29, 1.82) is 5.26 Å². The minimum absolute atomic E-state index is 0.0155. The Morgan fingerprint density at radius 2 is 2.28 bits per heavy atom. The Morgan fingerprint density at radius 1 is 1.56 bits per heavy atom. The molecule has 4 heteroatoms. The molecular formula is C14H18N2O2. The van der Waals surface area contributed by atoms with Gasteiger partial charge in [0.05, 0.1) is 18.1 Å². The normalized spacial score (nSPS) is 12.1. The first kappa shape index (κ1) is 14.2. The Morgan fingerprint density at radius 3 is 2.83 bits per heavy atom. The van der Waals surface area contributed by atoms with E-state index in [0.29, 0.717) is 12.1 Å². The van der Waals surface area contributed by atoms with Gasteiger partial charge in [0.25, 0.3) is 0 Å². The molecule has 1 atom stereocenters. The number of benzene rings is 1. The number of nitrogens with zero attached hydrogens (tertiary/aromatic N) is 2. The van der Waals surface area contributed by atoms with E-state index in [1.54, 1.807) is 6.07 Å². The number of carbonyl (C=O) groups is 1. The van der Waals surface area contributed by atoms with Crippen LogP contribution < -0.4 is 0 Å². The van der Waals surface area contributed by atoms with Crippen LogP contribution in [0.4, 0.5) is 0 Å². The molecule has 0 heterocycles. The summed E-state index contributed by atoms with van der Waals surface area (Å²) in [5, 5.41) is 17.6. The zero-order valence-corrected chi connectivity index (χ0v) is 10.8. The van der Waals surface area contributed by atoms with E-state index < -0.39 is 5.97 Å². The molecule has 0 aliphatic rings. The molecule has 0 amide bonds. The standard InChI is InChI=1S/C14H18N2O2/c1-3-16(11(2)7-14(17)18)10-13-6-4-5-12(8-13)9-15/h4-6,8,11H,3,7,10H2,1-2H3,(H,17,18). The van der Waals surface area contributed by atoms with Crippen LogP contribution in [0.1, 0.15) is 31.4 Å². The van der Waals surface area contributed by atoms with Gasteiger partial charge in [-0.15, -0.1) is 0 Å². The van der Waals surface area contributed by atoms with E-state index in [1.807, 2.05) is 32.0 Å². The molecule has 0 aromatic heterocycles. The first-order valence-corrected chi connectivity index (χ1v) is 6.01. The van der Waals surface area contributed by atoms with Crippen LogP contribution in [0.15, 0.2) is 24.3 Å². The largest absolute Gasteiger partial charge is 0.481 e. The third-order valence-electron chi connectivity index (χ3n) is 2.94. The smallest absolute Gasteiger partial charge is 0.304 e. The van der Waals surface area contributed by atoms with Crippen LogP contribution in [0.5, 0.6) is 0 Å². The predicted molar refractivity (Wildman–Crippen MR) is 69.0 cm³/mol. The molecule has 0 aliphatic carbocycles. The molecule has 0 saturated heterocycles. The van der Waals surface area contributed by atoms with Gasteiger partial charge in [-0.05, 0) is 31.2 Å². The van der Waals surface area contributed by atoms with Gasteiger partial charge in [0.2, 0.25) is 0 Å². The Bertz CT molecular complexity index is 451. The van der Waals surface area contributed by atoms with Gasteiger partial charge in [0.15, 0.2) is 0 Å². The predicted octanol–water partition coefficient (Wildman–Crippen LogP) is 2.24. The van der Waals surface area contributed by atoms with E-state index in [2.05, 4.69) is 11.0 Å². The van der Waals surface area contributed by atoms with Crippen molar-refractivity contribution in [2.24, 2.45) is 0 Å². The van der Waals surface area contributed by atoms with Crippen molar-refractivity contribution in [3.63, 3.8) is 0 Å².